The van der Waals surface area contributed by atoms with Crippen LogP contribution in [0.3, 0.4) is 0 Å². The number of rotatable bonds is 5. The van der Waals surface area contributed by atoms with Gasteiger partial charge < -0.3 is 15.0 Å². The number of likely N-dealkylation sites (tertiary alicyclic amines) is 1. The van der Waals surface area contributed by atoms with E-state index in [0.717, 1.165) is 31.5 Å². The number of esters is 1. The second kappa shape index (κ2) is 7.41. The zero-order valence-electron chi connectivity index (χ0n) is 13.2. The molecule has 0 aromatic carbocycles. The summed E-state index contributed by atoms with van der Waals surface area (Å²) < 4.78 is 4.93. The van der Waals surface area contributed by atoms with Crippen LogP contribution in [-0.4, -0.2) is 49.7 Å². The molecule has 3 unspecified atom stereocenters. The van der Waals surface area contributed by atoms with Crippen molar-refractivity contribution in [2.24, 2.45) is 11.8 Å². The van der Waals surface area contributed by atoms with Gasteiger partial charge in [0.1, 0.15) is 6.04 Å². The lowest BCUT2D eigenvalue weighted by atomic mass is 9.75. The fourth-order valence-corrected chi connectivity index (χ4v) is 3.84. The quantitative estimate of drug-likeness (QED) is 0.784. The molecule has 2 fully saturated rings. The van der Waals surface area contributed by atoms with E-state index in [9.17, 15) is 4.79 Å². The third-order valence-corrected chi connectivity index (χ3v) is 4.84. The Labute approximate surface area is 123 Å². The first-order valence-electron chi connectivity index (χ1n) is 8.16. The van der Waals surface area contributed by atoms with Crippen molar-refractivity contribution >= 4 is 5.97 Å². The summed E-state index contributed by atoms with van der Waals surface area (Å²) in [6.45, 7) is 7.23. The van der Waals surface area contributed by atoms with E-state index in [-0.39, 0.29) is 12.0 Å². The lowest BCUT2D eigenvalue weighted by molar-refractivity contribution is -0.144. The van der Waals surface area contributed by atoms with Gasteiger partial charge in [-0.15, -0.1) is 0 Å². The maximum atomic E-state index is 11.9. The molecule has 20 heavy (non-hydrogen) atoms. The third-order valence-electron chi connectivity index (χ3n) is 4.84. The molecule has 1 saturated heterocycles. The largest absolute Gasteiger partial charge is 0.468 e. The first-order valence-corrected chi connectivity index (χ1v) is 8.16. The summed E-state index contributed by atoms with van der Waals surface area (Å²) in [4.78, 5) is 14.4. The fraction of sp³-hybridized carbons (Fsp3) is 0.938. The molecule has 2 rings (SSSR count). The molecule has 0 bridgehead atoms. The minimum absolute atomic E-state index is 0.135. The molecule has 4 nitrogen and oxygen atoms in total. The van der Waals surface area contributed by atoms with Crippen LogP contribution in [0.4, 0.5) is 0 Å². The van der Waals surface area contributed by atoms with Gasteiger partial charge in [-0.2, -0.15) is 0 Å². The van der Waals surface area contributed by atoms with Crippen molar-refractivity contribution in [1.29, 1.82) is 0 Å². The van der Waals surface area contributed by atoms with E-state index in [1.54, 1.807) is 0 Å². The Bertz CT molecular complexity index is 320. The van der Waals surface area contributed by atoms with Crippen LogP contribution in [0.1, 0.15) is 46.0 Å². The van der Waals surface area contributed by atoms with Crippen molar-refractivity contribution in [3.63, 3.8) is 0 Å². The molecular formula is C16H30N2O2. The van der Waals surface area contributed by atoms with Crippen LogP contribution in [0.15, 0.2) is 0 Å². The number of carbonyl (C=O) groups is 1. The summed E-state index contributed by atoms with van der Waals surface area (Å²) in [6, 6.07) is 0.103. The number of hydrogen-bond acceptors (Lipinski definition) is 4. The smallest absolute Gasteiger partial charge is 0.324 e. The van der Waals surface area contributed by atoms with Crippen molar-refractivity contribution < 1.29 is 9.53 Å². The van der Waals surface area contributed by atoms with Crippen molar-refractivity contribution in [1.82, 2.24) is 10.2 Å². The highest BCUT2D eigenvalue weighted by Gasteiger charge is 2.33. The number of fused-ring (bicyclic) bond motifs is 1. The number of ether oxygens (including phenoxy) is 1. The molecule has 1 aliphatic heterocycles. The number of nitrogens with zero attached hydrogens (tertiary/aromatic N) is 1. The zero-order chi connectivity index (χ0) is 14.5. The molecule has 1 heterocycles. The second-order valence-electron chi connectivity index (χ2n) is 6.75. The van der Waals surface area contributed by atoms with Crippen molar-refractivity contribution in [2.45, 2.75) is 58.0 Å². The Morgan fingerprint density at radius 1 is 1.25 bits per heavy atom. The topological polar surface area (TPSA) is 41.6 Å². The van der Waals surface area contributed by atoms with Gasteiger partial charge in [0.25, 0.3) is 0 Å². The maximum Gasteiger partial charge on any atom is 0.324 e. The molecule has 1 N–H and O–H groups in total. The molecule has 0 radical (unpaired) electrons. The number of nitrogens with one attached hydrogen (secondary N) is 1. The first kappa shape index (κ1) is 15.8. The van der Waals surface area contributed by atoms with Gasteiger partial charge in [0, 0.05) is 19.1 Å². The molecule has 0 amide bonds. The Balaban J connectivity index is 1.88. The van der Waals surface area contributed by atoms with Crippen molar-refractivity contribution in [3.05, 3.63) is 0 Å². The van der Waals surface area contributed by atoms with E-state index in [1.165, 1.54) is 39.2 Å². The van der Waals surface area contributed by atoms with Crippen LogP contribution >= 0.6 is 0 Å². The predicted molar refractivity (Wildman–Crippen MR) is 80.6 cm³/mol. The Kier molecular flexibility index (Phi) is 5.85. The summed E-state index contributed by atoms with van der Waals surface area (Å²) in [5.41, 5.74) is 0. The lowest BCUT2D eigenvalue weighted by Gasteiger charge is -2.42. The first-order chi connectivity index (χ1) is 9.60. The summed E-state index contributed by atoms with van der Waals surface area (Å²) in [6.07, 6.45) is 6.91. The highest BCUT2D eigenvalue weighted by Crippen LogP contribution is 2.35. The van der Waals surface area contributed by atoms with Gasteiger partial charge in [-0.3, -0.25) is 4.79 Å². The van der Waals surface area contributed by atoms with Gasteiger partial charge in [-0.25, -0.2) is 0 Å². The van der Waals surface area contributed by atoms with E-state index < -0.39 is 0 Å². The average Bonchev–Trinajstić information content (AvgIpc) is 2.45. The van der Waals surface area contributed by atoms with Crippen LogP contribution in [-0.2, 0) is 9.53 Å². The van der Waals surface area contributed by atoms with E-state index >= 15 is 0 Å². The van der Waals surface area contributed by atoms with Gasteiger partial charge >= 0.3 is 5.97 Å². The average molecular weight is 282 g/mol. The van der Waals surface area contributed by atoms with Gasteiger partial charge in [-0.05, 0) is 31.2 Å². The molecule has 2 aliphatic rings. The summed E-state index contributed by atoms with van der Waals surface area (Å²) in [5.74, 6) is 1.66. The Morgan fingerprint density at radius 2 is 1.95 bits per heavy atom. The van der Waals surface area contributed by atoms with Crippen LogP contribution < -0.4 is 5.32 Å². The molecule has 1 saturated carbocycles. The number of methoxy groups -OCH3 is 1. The van der Waals surface area contributed by atoms with Crippen LogP contribution in [0.25, 0.3) is 0 Å². The van der Waals surface area contributed by atoms with Crippen LogP contribution in [0.2, 0.25) is 0 Å². The van der Waals surface area contributed by atoms with Gasteiger partial charge in [-0.1, -0.05) is 33.1 Å². The minimum Gasteiger partial charge on any atom is -0.468 e. The summed E-state index contributed by atoms with van der Waals surface area (Å²) in [7, 11) is 1.48. The SMILES string of the molecule is COC(=O)C(CN1CCC2CCCCC2C1)NC(C)C. The summed E-state index contributed by atoms with van der Waals surface area (Å²) >= 11 is 0. The number of hydrogen-bond donors (Lipinski definition) is 1. The van der Waals surface area contributed by atoms with E-state index in [1.807, 2.05) is 0 Å². The molecule has 3 atom stereocenters. The van der Waals surface area contributed by atoms with E-state index in [2.05, 4.69) is 24.1 Å². The molecular weight excluding hydrogens is 252 g/mol. The second-order valence-corrected chi connectivity index (χ2v) is 6.75. The lowest BCUT2D eigenvalue weighted by Crippen LogP contribution is -2.52. The van der Waals surface area contributed by atoms with Gasteiger partial charge in [0.2, 0.25) is 0 Å². The van der Waals surface area contributed by atoms with E-state index in [4.69, 9.17) is 4.74 Å². The number of carbonyl (C=O) groups excluding carboxylic acids is 1. The highest BCUT2D eigenvalue weighted by molar-refractivity contribution is 5.76. The number of piperidine rings is 1. The molecule has 116 valence electrons. The van der Waals surface area contributed by atoms with Gasteiger partial charge in [0.15, 0.2) is 0 Å². The predicted octanol–water partition coefficient (Wildman–Crippen LogP) is 2.04. The van der Waals surface area contributed by atoms with Crippen LogP contribution in [0, 0.1) is 11.8 Å². The molecule has 1 aliphatic carbocycles. The fourth-order valence-electron chi connectivity index (χ4n) is 3.84. The Hall–Kier alpha value is -0.610. The zero-order valence-corrected chi connectivity index (χ0v) is 13.2. The highest BCUT2D eigenvalue weighted by atomic mass is 16.5. The molecule has 0 spiro atoms. The standard InChI is InChI=1S/C16H30N2O2/c1-12(2)17-15(16(19)20-3)11-18-9-8-13-6-4-5-7-14(13)10-18/h12-15,17H,4-11H2,1-3H3. The molecule has 0 aromatic rings. The van der Waals surface area contributed by atoms with E-state index in [0.29, 0.717) is 6.04 Å². The molecule has 0 aromatic heterocycles. The monoisotopic (exact) mass is 282 g/mol. The van der Waals surface area contributed by atoms with Crippen molar-refractivity contribution in [2.75, 3.05) is 26.7 Å². The van der Waals surface area contributed by atoms with Gasteiger partial charge in [0.05, 0.1) is 7.11 Å². The minimum atomic E-state index is -0.194. The summed E-state index contributed by atoms with van der Waals surface area (Å²) in [5, 5.41) is 3.33. The van der Waals surface area contributed by atoms with Crippen molar-refractivity contribution in [3.8, 4) is 0 Å². The molecule has 4 heteroatoms. The van der Waals surface area contributed by atoms with Crippen LogP contribution in [0.5, 0.6) is 0 Å². The third kappa shape index (κ3) is 4.19. The Morgan fingerprint density at radius 3 is 2.60 bits per heavy atom. The maximum absolute atomic E-state index is 11.9. The normalized spacial score (nSPS) is 29.0.